The highest BCUT2D eigenvalue weighted by Crippen LogP contribution is 2.23. The van der Waals surface area contributed by atoms with E-state index in [0.717, 1.165) is 11.4 Å². The number of aromatic nitrogens is 2. The number of rotatable bonds is 4. The summed E-state index contributed by atoms with van der Waals surface area (Å²) in [6.07, 6.45) is 1.01. The van der Waals surface area contributed by atoms with E-state index >= 15 is 0 Å². The maximum absolute atomic E-state index is 5.75. The van der Waals surface area contributed by atoms with Crippen molar-refractivity contribution >= 4 is 28.6 Å². The van der Waals surface area contributed by atoms with E-state index in [4.69, 9.17) is 11.6 Å². The minimum atomic E-state index is 0.488. The van der Waals surface area contributed by atoms with Gasteiger partial charge in [-0.2, -0.15) is 0 Å². The third-order valence-corrected chi connectivity index (χ3v) is 3.62. The van der Waals surface area contributed by atoms with Gasteiger partial charge in [0.25, 0.3) is 0 Å². The SMILES string of the molecule is CCc1cccc(C)c1NCc1nnc(Cl)s1. The summed E-state index contributed by atoms with van der Waals surface area (Å²) in [5.74, 6) is 0. The molecule has 17 heavy (non-hydrogen) atoms. The lowest BCUT2D eigenvalue weighted by atomic mass is 10.1. The maximum Gasteiger partial charge on any atom is 0.207 e. The standard InChI is InChI=1S/C12H14ClN3S/c1-3-9-6-4-5-8(2)11(9)14-7-10-15-16-12(13)17-10/h4-6,14H,3,7H2,1-2H3. The highest BCUT2D eigenvalue weighted by Gasteiger charge is 2.06. The number of hydrogen-bond acceptors (Lipinski definition) is 4. The van der Waals surface area contributed by atoms with E-state index in [1.807, 2.05) is 0 Å². The second-order valence-corrected chi connectivity index (χ2v) is 5.41. The Morgan fingerprint density at radius 3 is 2.82 bits per heavy atom. The molecule has 2 aromatic rings. The smallest absolute Gasteiger partial charge is 0.207 e. The molecule has 1 aromatic heterocycles. The van der Waals surface area contributed by atoms with Gasteiger partial charge in [0.1, 0.15) is 5.01 Å². The zero-order valence-corrected chi connectivity index (χ0v) is 11.4. The first-order valence-electron chi connectivity index (χ1n) is 5.51. The molecule has 0 spiro atoms. The molecule has 90 valence electrons. The van der Waals surface area contributed by atoms with Gasteiger partial charge >= 0.3 is 0 Å². The molecule has 0 aliphatic carbocycles. The molecule has 0 saturated carbocycles. The average Bonchev–Trinajstić information content (AvgIpc) is 2.73. The maximum atomic E-state index is 5.75. The summed E-state index contributed by atoms with van der Waals surface area (Å²) >= 11 is 7.16. The molecule has 0 unspecified atom stereocenters. The minimum Gasteiger partial charge on any atom is -0.378 e. The molecule has 2 rings (SSSR count). The van der Waals surface area contributed by atoms with Crippen LogP contribution in [0.15, 0.2) is 18.2 Å². The van der Waals surface area contributed by atoms with Gasteiger partial charge in [-0.05, 0) is 36.1 Å². The lowest BCUT2D eigenvalue weighted by Crippen LogP contribution is -2.03. The fourth-order valence-corrected chi connectivity index (χ4v) is 2.55. The Morgan fingerprint density at radius 2 is 2.18 bits per heavy atom. The van der Waals surface area contributed by atoms with Crippen LogP contribution in [-0.2, 0) is 13.0 Å². The number of para-hydroxylation sites is 1. The Bertz CT molecular complexity index is 510. The number of nitrogens with one attached hydrogen (secondary N) is 1. The number of aryl methyl sites for hydroxylation is 2. The molecule has 3 nitrogen and oxygen atoms in total. The molecular weight excluding hydrogens is 254 g/mol. The summed E-state index contributed by atoms with van der Waals surface area (Å²) in [4.78, 5) is 0. The predicted octanol–water partition coefficient (Wildman–Crippen LogP) is 3.67. The molecule has 1 aromatic carbocycles. The van der Waals surface area contributed by atoms with Crippen molar-refractivity contribution in [3.63, 3.8) is 0 Å². The van der Waals surface area contributed by atoms with Gasteiger partial charge in [0.05, 0.1) is 6.54 Å². The quantitative estimate of drug-likeness (QED) is 0.918. The molecule has 0 aliphatic heterocycles. The second kappa shape index (κ2) is 5.47. The highest BCUT2D eigenvalue weighted by atomic mass is 35.5. The summed E-state index contributed by atoms with van der Waals surface area (Å²) in [7, 11) is 0. The topological polar surface area (TPSA) is 37.8 Å². The Hall–Kier alpha value is -1.13. The largest absolute Gasteiger partial charge is 0.378 e. The van der Waals surface area contributed by atoms with Crippen LogP contribution < -0.4 is 5.32 Å². The van der Waals surface area contributed by atoms with Crippen molar-refractivity contribution in [3.8, 4) is 0 Å². The van der Waals surface area contributed by atoms with Crippen molar-refractivity contribution in [1.29, 1.82) is 0 Å². The summed E-state index contributed by atoms with van der Waals surface area (Å²) < 4.78 is 0.488. The van der Waals surface area contributed by atoms with Gasteiger partial charge in [-0.3, -0.25) is 0 Å². The molecule has 0 radical (unpaired) electrons. The molecule has 0 aliphatic rings. The van der Waals surface area contributed by atoms with Crippen LogP contribution in [0.1, 0.15) is 23.1 Å². The molecule has 0 saturated heterocycles. The molecule has 0 atom stereocenters. The molecule has 1 heterocycles. The van der Waals surface area contributed by atoms with Gasteiger partial charge in [-0.25, -0.2) is 0 Å². The van der Waals surface area contributed by atoms with Crippen LogP contribution in [0, 0.1) is 6.92 Å². The lowest BCUT2D eigenvalue weighted by molar-refractivity contribution is 0.983. The monoisotopic (exact) mass is 267 g/mol. The molecule has 5 heteroatoms. The predicted molar refractivity (Wildman–Crippen MR) is 72.8 cm³/mol. The van der Waals surface area contributed by atoms with Crippen LogP contribution in [0.3, 0.4) is 0 Å². The first-order valence-corrected chi connectivity index (χ1v) is 6.70. The second-order valence-electron chi connectivity index (χ2n) is 3.76. The van der Waals surface area contributed by atoms with Gasteiger partial charge < -0.3 is 5.32 Å². The molecule has 1 N–H and O–H groups in total. The van der Waals surface area contributed by atoms with Crippen LogP contribution in [0.5, 0.6) is 0 Å². The summed E-state index contributed by atoms with van der Waals surface area (Å²) in [6, 6.07) is 6.33. The van der Waals surface area contributed by atoms with E-state index in [1.165, 1.54) is 28.2 Å². The average molecular weight is 268 g/mol. The third-order valence-electron chi connectivity index (χ3n) is 2.60. The van der Waals surface area contributed by atoms with Crippen molar-refractivity contribution < 1.29 is 0 Å². The Labute approximate surface area is 110 Å². The Kier molecular flexibility index (Phi) is 3.97. The third kappa shape index (κ3) is 2.96. The molecule has 0 fully saturated rings. The lowest BCUT2D eigenvalue weighted by Gasteiger charge is -2.12. The van der Waals surface area contributed by atoms with Gasteiger partial charge in [0.2, 0.25) is 4.47 Å². The summed E-state index contributed by atoms with van der Waals surface area (Å²) in [5, 5.41) is 12.1. The highest BCUT2D eigenvalue weighted by molar-refractivity contribution is 7.15. The summed E-state index contributed by atoms with van der Waals surface area (Å²) in [6.45, 7) is 4.93. The first-order chi connectivity index (χ1) is 8.20. The van der Waals surface area contributed by atoms with Crippen molar-refractivity contribution in [2.75, 3.05) is 5.32 Å². The summed E-state index contributed by atoms with van der Waals surface area (Å²) in [5.41, 5.74) is 3.77. The first kappa shape index (κ1) is 12.3. The van der Waals surface area contributed by atoms with Gasteiger partial charge in [0, 0.05) is 5.69 Å². The number of nitrogens with zero attached hydrogens (tertiary/aromatic N) is 2. The fourth-order valence-electron chi connectivity index (χ4n) is 1.74. The van der Waals surface area contributed by atoms with Gasteiger partial charge in [-0.1, -0.05) is 36.5 Å². The van der Waals surface area contributed by atoms with Crippen molar-refractivity contribution in [2.24, 2.45) is 0 Å². The van der Waals surface area contributed by atoms with Crippen LogP contribution in [0.25, 0.3) is 0 Å². The van der Waals surface area contributed by atoms with E-state index in [2.05, 4.69) is 47.6 Å². The van der Waals surface area contributed by atoms with Crippen molar-refractivity contribution in [2.45, 2.75) is 26.8 Å². The molecule has 0 bridgehead atoms. The molecular formula is C12H14ClN3S. The Morgan fingerprint density at radius 1 is 1.35 bits per heavy atom. The number of benzene rings is 1. The van der Waals surface area contributed by atoms with Crippen molar-refractivity contribution in [3.05, 3.63) is 38.8 Å². The van der Waals surface area contributed by atoms with Crippen molar-refractivity contribution in [1.82, 2.24) is 10.2 Å². The van der Waals surface area contributed by atoms with E-state index in [-0.39, 0.29) is 0 Å². The van der Waals surface area contributed by atoms with Crippen LogP contribution >= 0.6 is 22.9 Å². The van der Waals surface area contributed by atoms with E-state index in [9.17, 15) is 0 Å². The zero-order chi connectivity index (χ0) is 12.3. The fraction of sp³-hybridized carbons (Fsp3) is 0.333. The van der Waals surface area contributed by atoms with E-state index in [0.29, 0.717) is 11.0 Å². The number of hydrogen-bond donors (Lipinski definition) is 1. The Balaban J connectivity index is 2.13. The van der Waals surface area contributed by atoms with Crippen LogP contribution in [0.2, 0.25) is 4.47 Å². The van der Waals surface area contributed by atoms with E-state index < -0.39 is 0 Å². The zero-order valence-electron chi connectivity index (χ0n) is 9.83. The number of halogens is 1. The van der Waals surface area contributed by atoms with Gasteiger partial charge in [-0.15, -0.1) is 10.2 Å². The van der Waals surface area contributed by atoms with Crippen LogP contribution in [-0.4, -0.2) is 10.2 Å². The normalized spacial score (nSPS) is 10.5. The van der Waals surface area contributed by atoms with Crippen LogP contribution in [0.4, 0.5) is 5.69 Å². The van der Waals surface area contributed by atoms with E-state index in [1.54, 1.807) is 0 Å². The minimum absolute atomic E-state index is 0.488. The molecule has 0 amide bonds. The van der Waals surface area contributed by atoms with Gasteiger partial charge in [0.15, 0.2) is 0 Å². The number of anilines is 1.